The minimum atomic E-state index is 0.0117. The van der Waals surface area contributed by atoms with Crippen molar-refractivity contribution in [1.29, 1.82) is 0 Å². The van der Waals surface area contributed by atoms with Crippen molar-refractivity contribution in [2.45, 2.75) is 25.8 Å². The number of amides is 2. The van der Waals surface area contributed by atoms with Crippen molar-refractivity contribution in [2.75, 3.05) is 24.8 Å². The Labute approximate surface area is 157 Å². The van der Waals surface area contributed by atoms with Gasteiger partial charge in [0.1, 0.15) is 0 Å². The Hall–Kier alpha value is -3.02. The highest BCUT2D eigenvalue weighted by Gasteiger charge is 2.26. The third kappa shape index (κ3) is 2.81. The summed E-state index contributed by atoms with van der Waals surface area (Å²) in [5, 5.41) is 0. The first-order valence-corrected chi connectivity index (χ1v) is 9.30. The average Bonchev–Trinajstić information content (AvgIpc) is 3.33. The first kappa shape index (κ1) is 16.2. The summed E-state index contributed by atoms with van der Waals surface area (Å²) in [7, 11) is 0. The van der Waals surface area contributed by atoms with Crippen molar-refractivity contribution in [1.82, 2.24) is 4.90 Å². The van der Waals surface area contributed by atoms with Crippen LogP contribution in [0.1, 0.15) is 34.3 Å². The largest absolute Gasteiger partial charge is 0.454 e. The van der Waals surface area contributed by atoms with Crippen molar-refractivity contribution in [3.8, 4) is 11.5 Å². The van der Waals surface area contributed by atoms with Crippen LogP contribution in [0.4, 0.5) is 5.69 Å². The number of anilines is 1. The molecule has 27 heavy (non-hydrogen) atoms. The average molecular weight is 364 g/mol. The molecule has 6 heteroatoms. The number of ether oxygens (including phenoxy) is 2. The van der Waals surface area contributed by atoms with Crippen molar-refractivity contribution in [3.05, 3.63) is 53.1 Å². The fraction of sp³-hybridized carbons (Fsp3) is 0.333. The van der Waals surface area contributed by atoms with Crippen LogP contribution in [-0.4, -0.2) is 36.6 Å². The van der Waals surface area contributed by atoms with E-state index >= 15 is 0 Å². The van der Waals surface area contributed by atoms with Gasteiger partial charge in [0.25, 0.3) is 5.91 Å². The maximum absolute atomic E-state index is 12.9. The smallest absolute Gasteiger partial charge is 0.254 e. The molecule has 0 saturated carbocycles. The summed E-state index contributed by atoms with van der Waals surface area (Å²) in [6, 6.07) is 11.4. The molecule has 1 fully saturated rings. The first-order valence-electron chi connectivity index (χ1n) is 9.30. The van der Waals surface area contributed by atoms with Gasteiger partial charge in [-0.15, -0.1) is 0 Å². The Morgan fingerprint density at radius 3 is 2.37 bits per heavy atom. The zero-order chi connectivity index (χ0) is 18.4. The second kappa shape index (κ2) is 6.30. The van der Waals surface area contributed by atoms with Crippen LogP contribution in [0, 0.1) is 0 Å². The van der Waals surface area contributed by atoms with Crippen LogP contribution >= 0.6 is 0 Å². The van der Waals surface area contributed by atoms with Crippen molar-refractivity contribution in [2.24, 2.45) is 0 Å². The van der Waals surface area contributed by atoms with E-state index in [4.69, 9.17) is 9.47 Å². The zero-order valence-corrected chi connectivity index (χ0v) is 14.9. The first-order chi connectivity index (χ1) is 13.2. The molecular formula is C21H20N2O4. The lowest BCUT2D eigenvalue weighted by atomic mass is 9.98. The van der Waals surface area contributed by atoms with Gasteiger partial charge >= 0.3 is 0 Å². The number of fused-ring (bicyclic) bond motifs is 2. The zero-order valence-electron chi connectivity index (χ0n) is 14.9. The Morgan fingerprint density at radius 2 is 1.67 bits per heavy atom. The summed E-state index contributed by atoms with van der Waals surface area (Å²) in [6.45, 7) is 2.26. The van der Waals surface area contributed by atoms with Gasteiger partial charge in [-0.2, -0.15) is 0 Å². The fourth-order valence-electron chi connectivity index (χ4n) is 4.01. The van der Waals surface area contributed by atoms with Crippen molar-refractivity contribution >= 4 is 17.5 Å². The van der Waals surface area contributed by atoms with E-state index in [0.29, 0.717) is 25.1 Å². The minimum absolute atomic E-state index is 0.0117. The third-order valence-electron chi connectivity index (χ3n) is 5.49. The molecule has 0 aromatic heterocycles. The van der Waals surface area contributed by atoms with Crippen molar-refractivity contribution in [3.63, 3.8) is 0 Å². The molecule has 3 aliphatic heterocycles. The topological polar surface area (TPSA) is 59.1 Å². The summed E-state index contributed by atoms with van der Waals surface area (Å²) >= 11 is 0. The monoisotopic (exact) mass is 364 g/mol. The Kier molecular flexibility index (Phi) is 3.77. The molecule has 5 rings (SSSR count). The molecule has 2 aromatic rings. The number of carbonyl (C=O) groups is 2. The van der Waals surface area contributed by atoms with E-state index in [9.17, 15) is 9.59 Å². The van der Waals surface area contributed by atoms with E-state index in [0.717, 1.165) is 42.1 Å². The number of hydrogen-bond donors (Lipinski definition) is 0. The number of carbonyl (C=O) groups excluding carboxylic acids is 2. The van der Waals surface area contributed by atoms with E-state index in [1.807, 2.05) is 41.3 Å². The molecule has 2 amide bonds. The molecule has 1 saturated heterocycles. The number of rotatable bonds is 2. The van der Waals surface area contributed by atoms with Crippen LogP contribution in [0.25, 0.3) is 0 Å². The van der Waals surface area contributed by atoms with Crippen LogP contribution in [0.3, 0.4) is 0 Å². The van der Waals surface area contributed by atoms with Gasteiger partial charge in [0.15, 0.2) is 11.5 Å². The number of hydrogen-bond acceptors (Lipinski definition) is 4. The quantitative estimate of drug-likeness (QED) is 0.822. The molecule has 0 atom stereocenters. The normalized spacial score (nSPS) is 18.0. The highest BCUT2D eigenvalue weighted by Crippen LogP contribution is 2.37. The summed E-state index contributed by atoms with van der Waals surface area (Å²) in [5.41, 5.74) is 3.84. The third-order valence-corrected chi connectivity index (χ3v) is 5.49. The van der Waals surface area contributed by atoms with Gasteiger partial charge in [-0.05, 0) is 60.4 Å². The predicted octanol–water partition coefficient (Wildman–Crippen LogP) is 2.74. The van der Waals surface area contributed by atoms with E-state index in [1.165, 1.54) is 5.56 Å². The summed E-state index contributed by atoms with van der Waals surface area (Å²) in [6.07, 6.45) is 2.30. The molecule has 2 aromatic carbocycles. The van der Waals surface area contributed by atoms with E-state index in [2.05, 4.69) is 0 Å². The molecule has 3 heterocycles. The second-order valence-corrected chi connectivity index (χ2v) is 7.15. The van der Waals surface area contributed by atoms with Gasteiger partial charge in [0.05, 0.1) is 0 Å². The Morgan fingerprint density at radius 1 is 0.926 bits per heavy atom. The Bertz CT molecular complexity index is 923. The van der Waals surface area contributed by atoms with E-state index in [1.54, 1.807) is 4.90 Å². The second-order valence-electron chi connectivity index (χ2n) is 7.15. The maximum Gasteiger partial charge on any atom is 0.254 e. The van der Waals surface area contributed by atoms with Crippen molar-refractivity contribution < 1.29 is 19.1 Å². The van der Waals surface area contributed by atoms with Gasteiger partial charge in [-0.1, -0.05) is 0 Å². The Balaban J connectivity index is 1.33. The molecule has 6 nitrogen and oxygen atoms in total. The molecule has 0 spiro atoms. The maximum atomic E-state index is 12.9. The summed E-state index contributed by atoms with van der Waals surface area (Å²) in [5.74, 6) is 1.71. The molecular weight excluding hydrogens is 344 g/mol. The highest BCUT2D eigenvalue weighted by molar-refractivity contribution is 5.97. The van der Waals surface area contributed by atoms with Crippen LogP contribution in [0.5, 0.6) is 11.5 Å². The van der Waals surface area contributed by atoms with Crippen LogP contribution < -0.4 is 14.4 Å². The van der Waals surface area contributed by atoms with Crippen LogP contribution in [0.2, 0.25) is 0 Å². The van der Waals surface area contributed by atoms with Gasteiger partial charge in [-0.3, -0.25) is 9.59 Å². The molecule has 0 N–H and O–H groups in total. The lowest BCUT2D eigenvalue weighted by Crippen LogP contribution is -2.36. The van der Waals surface area contributed by atoms with Crippen LogP contribution in [-0.2, 0) is 17.8 Å². The van der Waals surface area contributed by atoms with E-state index in [-0.39, 0.29) is 18.6 Å². The molecule has 3 aliphatic rings. The number of benzene rings is 2. The molecule has 0 bridgehead atoms. The standard InChI is InChI=1S/C21H20N2O4/c24-20-2-1-8-23(20)17-5-3-14(4-6-17)21(25)22-9-7-15-10-18-19(27-13-26-18)11-16(15)12-22/h3-6,10-11H,1-2,7-9,12-13H2. The van der Waals surface area contributed by atoms with E-state index < -0.39 is 0 Å². The lowest BCUT2D eigenvalue weighted by molar-refractivity contribution is -0.117. The highest BCUT2D eigenvalue weighted by atomic mass is 16.7. The van der Waals surface area contributed by atoms with Gasteiger partial charge in [0.2, 0.25) is 12.7 Å². The molecule has 0 unspecified atom stereocenters. The lowest BCUT2D eigenvalue weighted by Gasteiger charge is -2.29. The molecule has 0 aliphatic carbocycles. The molecule has 0 radical (unpaired) electrons. The summed E-state index contributed by atoms with van der Waals surface area (Å²) in [4.78, 5) is 28.4. The van der Waals surface area contributed by atoms with Gasteiger partial charge in [-0.25, -0.2) is 0 Å². The van der Waals surface area contributed by atoms with Gasteiger partial charge in [0, 0.05) is 37.3 Å². The minimum Gasteiger partial charge on any atom is -0.454 e. The summed E-state index contributed by atoms with van der Waals surface area (Å²) < 4.78 is 10.9. The predicted molar refractivity (Wildman–Crippen MR) is 99.0 cm³/mol. The fourth-order valence-corrected chi connectivity index (χ4v) is 4.01. The number of nitrogens with zero attached hydrogens (tertiary/aromatic N) is 2. The molecule has 138 valence electrons. The SMILES string of the molecule is O=C(c1ccc(N2CCCC2=O)cc1)N1CCc2cc3c(cc2C1)OCO3. The van der Waals surface area contributed by atoms with Gasteiger partial charge < -0.3 is 19.3 Å². The van der Waals surface area contributed by atoms with Crippen LogP contribution in [0.15, 0.2) is 36.4 Å².